The summed E-state index contributed by atoms with van der Waals surface area (Å²) in [6.07, 6.45) is 0. The number of ether oxygens (including phenoxy) is 2. The fourth-order valence-electron chi connectivity index (χ4n) is 2.17. The summed E-state index contributed by atoms with van der Waals surface area (Å²) in [6, 6.07) is 12.8. The first-order chi connectivity index (χ1) is 10.7. The van der Waals surface area contributed by atoms with Gasteiger partial charge in [-0.25, -0.2) is 0 Å². The van der Waals surface area contributed by atoms with Crippen molar-refractivity contribution in [2.75, 3.05) is 20.0 Å². The monoisotopic (exact) mass is 297 g/mol. The number of hydrogen-bond donors (Lipinski definition) is 1. The maximum absolute atomic E-state index is 5.83. The molecule has 7 heteroatoms. The molecule has 0 fully saturated rings. The lowest BCUT2D eigenvalue weighted by atomic mass is 10.2. The molecule has 0 aliphatic heterocycles. The van der Waals surface area contributed by atoms with E-state index < -0.39 is 0 Å². The molecule has 0 amide bonds. The Kier molecular flexibility index (Phi) is 3.61. The number of methoxy groups -OCH3 is 2. The normalized spacial score (nSPS) is 10.5. The molecule has 0 aliphatic carbocycles. The molecule has 0 aliphatic rings. The Morgan fingerprint density at radius 2 is 1.91 bits per heavy atom. The largest absolute Gasteiger partial charge is 0.497 e. The number of nitrogens with zero attached hydrogens (tertiary/aromatic N) is 4. The third-order valence-electron chi connectivity index (χ3n) is 3.23. The smallest absolute Gasteiger partial charge is 0.187 e. The Balaban J connectivity index is 2.16. The number of aromatic nitrogens is 4. The van der Waals surface area contributed by atoms with E-state index in [1.807, 2.05) is 36.4 Å². The van der Waals surface area contributed by atoms with Crippen molar-refractivity contribution in [3.05, 3.63) is 42.5 Å². The van der Waals surface area contributed by atoms with Gasteiger partial charge in [-0.3, -0.25) is 0 Å². The van der Waals surface area contributed by atoms with Gasteiger partial charge >= 0.3 is 0 Å². The lowest BCUT2D eigenvalue weighted by Crippen LogP contribution is -2.03. The lowest BCUT2D eigenvalue weighted by molar-refractivity contribution is 0.400. The number of anilines is 1. The van der Waals surface area contributed by atoms with Crippen LogP contribution in [-0.2, 0) is 0 Å². The van der Waals surface area contributed by atoms with Crippen molar-refractivity contribution in [3.8, 4) is 28.6 Å². The molecule has 0 saturated heterocycles. The Bertz CT molecular complexity index is 800. The van der Waals surface area contributed by atoms with Gasteiger partial charge in [-0.1, -0.05) is 12.1 Å². The molecule has 0 radical (unpaired) electrons. The van der Waals surface area contributed by atoms with Gasteiger partial charge in [0, 0.05) is 17.3 Å². The standard InChI is InChI=1S/C15H15N5O2/c1-21-12-6-7-14(22-2)13(9-12)20-15(17-18-19-20)10-4-3-5-11(16)8-10/h3-9H,16H2,1-2H3. The molecule has 0 unspecified atom stereocenters. The molecule has 3 rings (SSSR count). The molecule has 2 aromatic carbocycles. The van der Waals surface area contributed by atoms with Crippen molar-refractivity contribution >= 4 is 5.69 Å². The van der Waals surface area contributed by atoms with Gasteiger partial charge in [-0.05, 0) is 34.7 Å². The van der Waals surface area contributed by atoms with Crippen molar-refractivity contribution in [2.24, 2.45) is 0 Å². The molecule has 1 aromatic heterocycles. The molecule has 112 valence electrons. The van der Waals surface area contributed by atoms with Crippen LogP contribution in [0.1, 0.15) is 0 Å². The Labute approximate surface area is 127 Å². The maximum atomic E-state index is 5.83. The number of nitrogens with two attached hydrogens (primary N) is 1. The average Bonchev–Trinajstić information content (AvgIpc) is 3.03. The van der Waals surface area contributed by atoms with E-state index in [1.54, 1.807) is 25.0 Å². The molecule has 1 heterocycles. The van der Waals surface area contributed by atoms with Crippen LogP contribution in [0.25, 0.3) is 17.1 Å². The summed E-state index contributed by atoms with van der Waals surface area (Å²) < 4.78 is 12.2. The van der Waals surface area contributed by atoms with Crippen LogP contribution >= 0.6 is 0 Å². The molecule has 2 N–H and O–H groups in total. The van der Waals surface area contributed by atoms with Gasteiger partial charge in [0.1, 0.15) is 17.2 Å². The topological polar surface area (TPSA) is 88.1 Å². The Morgan fingerprint density at radius 3 is 2.64 bits per heavy atom. The minimum Gasteiger partial charge on any atom is -0.497 e. The summed E-state index contributed by atoms with van der Waals surface area (Å²) in [6.45, 7) is 0. The quantitative estimate of drug-likeness (QED) is 0.740. The van der Waals surface area contributed by atoms with Crippen LogP contribution in [0.15, 0.2) is 42.5 Å². The van der Waals surface area contributed by atoms with E-state index in [9.17, 15) is 0 Å². The van der Waals surface area contributed by atoms with Gasteiger partial charge < -0.3 is 15.2 Å². The van der Waals surface area contributed by atoms with Crippen molar-refractivity contribution in [1.29, 1.82) is 0 Å². The van der Waals surface area contributed by atoms with Gasteiger partial charge in [0.15, 0.2) is 5.82 Å². The van der Waals surface area contributed by atoms with Crippen LogP contribution in [0, 0.1) is 0 Å². The van der Waals surface area contributed by atoms with Crippen LogP contribution < -0.4 is 15.2 Å². The van der Waals surface area contributed by atoms with Crippen LogP contribution in [0.2, 0.25) is 0 Å². The van der Waals surface area contributed by atoms with Crippen LogP contribution in [0.4, 0.5) is 5.69 Å². The number of hydrogen-bond acceptors (Lipinski definition) is 6. The van der Waals surface area contributed by atoms with E-state index >= 15 is 0 Å². The second kappa shape index (κ2) is 5.72. The zero-order valence-electron chi connectivity index (χ0n) is 12.2. The van der Waals surface area contributed by atoms with Gasteiger partial charge in [0.2, 0.25) is 0 Å². The summed E-state index contributed by atoms with van der Waals surface area (Å²) in [4.78, 5) is 0. The zero-order valence-corrected chi connectivity index (χ0v) is 12.2. The lowest BCUT2D eigenvalue weighted by Gasteiger charge is -2.11. The number of tetrazole rings is 1. The van der Waals surface area contributed by atoms with Crippen LogP contribution in [0.3, 0.4) is 0 Å². The summed E-state index contributed by atoms with van der Waals surface area (Å²) >= 11 is 0. The Morgan fingerprint density at radius 1 is 1.05 bits per heavy atom. The van der Waals surface area contributed by atoms with E-state index in [0.29, 0.717) is 28.7 Å². The van der Waals surface area contributed by atoms with Gasteiger partial charge in [0.05, 0.1) is 14.2 Å². The van der Waals surface area contributed by atoms with Gasteiger partial charge in [-0.15, -0.1) is 5.10 Å². The van der Waals surface area contributed by atoms with E-state index in [0.717, 1.165) is 5.56 Å². The molecule has 0 atom stereocenters. The maximum Gasteiger partial charge on any atom is 0.187 e. The van der Waals surface area contributed by atoms with Crippen LogP contribution in [0.5, 0.6) is 11.5 Å². The number of nitrogen functional groups attached to an aromatic ring is 1. The minimum absolute atomic E-state index is 0.568. The predicted molar refractivity (Wildman–Crippen MR) is 82.1 cm³/mol. The molecule has 0 spiro atoms. The molecular formula is C15H15N5O2. The van der Waals surface area contributed by atoms with Gasteiger partial charge in [-0.2, -0.15) is 4.68 Å². The highest BCUT2D eigenvalue weighted by atomic mass is 16.5. The van der Waals surface area contributed by atoms with Crippen molar-refractivity contribution in [3.63, 3.8) is 0 Å². The second-order valence-electron chi connectivity index (χ2n) is 4.58. The minimum atomic E-state index is 0.568. The van der Waals surface area contributed by atoms with Crippen molar-refractivity contribution < 1.29 is 9.47 Å². The predicted octanol–water partition coefficient (Wildman–Crippen LogP) is 1.93. The third kappa shape index (κ3) is 2.44. The highest BCUT2D eigenvalue weighted by Crippen LogP contribution is 2.30. The third-order valence-corrected chi connectivity index (χ3v) is 3.23. The van der Waals surface area contributed by atoms with E-state index in [2.05, 4.69) is 15.5 Å². The van der Waals surface area contributed by atoms with E-state index in [1.165, 1.54) is 0 Å². The fourth-order valence-corrected chi connectivity index (χ4v) is 2.17. The SMILES string of the molecule is COc1ccc(OC)c(-n2nnnc2-c2cccc(N)c2)c1. The van der Waals surface area contributed by atoms with Gasteiger partial charge in [0.25, 0.3) is 0 Å². The highest BCUT2D eigenvalue weighted by Gasteiger charge is 2.15. The first-order valence-electron chi connectivity index (χ1n) is 6.59. The fraction of sp³-hybridized carbons (Fsp3) is 0.133. The van der Waals surface area contributed by atoms with Crippen LogP contribution in [-0.4, -0.2) is 34.4 Å². The first kappa shape index (κ1) is 13.9. The molecule has 22 heavy (non-hydrogen) atoms. The summed E-state index contributed by atoms with van der Waals surface area (Å²) in [5.74, 6) is 1.89. The molecule has 3 aromatic rings. The highest BCUT2D eigenvalue weighted by molar-refractivity contribution is 5.64. The summed E-state index contributed by atoms with van der Waals surface area (Å²) in [5.41, 5.74) is 7.98. The first-order valence-corrected chi connectivity index (χ1v) is 6.59. The molecule has 0 saturated carbocycles. The zero-order chi connectivity index (χ0) is 15.5. The summed E-state index contributed by atoms with van der Waals surface area (Å²) in [7, 11) is 3.19. The Hall–Kier alpha value is -3.09. The summed E-state index contributed by atoms with van der Waals surface area (Å²) in [5, 5.41) is 11.9. The molecule has 0 bridgehead atoms. The van der Waals surface area contributed by atoms with Crippen molar-refractivity contribution in [1.82, 2.24) is 20.2 Å². The van der Waals surface area contributed by atoms with E-state index in [-0.39, 0.29) is 0 Å². The molecular weight excluding hydrogens is 282 g/mol. The van der Waals surface area contributed by atoms with Crippen molar-refractivity contribution in [2.45, 2.75) is 0 Å². The molecule has 7 nitrogen and oxygen atoms in total. The number of benzene rings is 2. The second-order valence-corrected chi connectivity index (χ2v) is 4.58. The average molecular weight is 297 g/mol. The van der Waals surface area contributed by atoms with E-state index in [4.69, 9.17) is 15.2 Å². The number of rotatable bonds is 4.